The molecule has 0 aromatic carbocycles. The topological polar surface area (TPSA) is 54.5 Å². The second-order valence-electron chi connectivity index (χ2n) is 7.53. The summed E-state index contributed by atoms with van der Waals surface area (Å²) in [7, 11) is 0. The van der Waals surface area contributed by atoms with E-state index in [1.54, 1.807) is 12.4 Å². The van der Waals surface area contributed by atoms with Crippen molar-refractivity contribution in [3.05, 3.63) is 24.5 Å². The monoisotopic (exact) mass is 345 g/mol. The van der Waals surface area contributed by atoms with Gasteiger partial charge in [-0.05, 0) is 36.8 Å². The molecule has 0 unspecified atom stereocenters. The summed E-state index contributed by atoms with van der Waals surface area (Å²) < 4.78 is 6.06. The van der Waals surface area contributed by atoms with E-state index in [2.05, 4.69) is 29.0 Å². The zero-order chi connectivity index (χ0) is 17.6. The predicted octanol–water partition coefficient (Wildman–Crippen LogP) is 3.18. The number of carbonyl (C=O) groups is 1. The van der Waals surface area contributed by atoms with Gasteiger partial charge >= 0.3 is 0 Å². The fourth-order valence-electron chi connectivity index (χ4n) is 4.15. The van der Waals surface area contributed by atoms with Crippen LogP contribution in [0.1, 0.15) is 39.5 Å². The molecule has 0 aliphatic carbocycles. The largest absolute Gasteiger partial charge is 0.377 e. The van der Waals surface area contributed by atoms with E-state index in [0.717, 1.165) is 37.5 Å². The molecule has 3 rings (SSSR count). The summed E-state index contributed by atoms with van der Waals surface area (Å²) in [4.78, 5) is 19.2. The maximum atomic E-state index is 12.6. The molecule has 0 spiro atoms. The van der Waals surface area contributed by atoms with Crippen molar-refractivity contribution < 1.29 is 9.53 Å². The molecule has 0 radical (unpaired) electrons. The van der Waals surface area contributed by atoms with Gasteiger partial charge < -0.3 is 15.0 Å². The number of anilines is 1. The Kier molecular flexibility index (Phi) is 6.43. The third-order valence-electron chi connectivity index (χ3n) is 5.82. The molecule has 2 fully saturated rings. The van der Waals surface area contributed by atoms with Crippen molar-refractivity contribution in [2.45, 2.75) is 45.6 Å². The molecule has 3 atom stereocenters. The maximum absolute atomic E-state index is 12.6. The number of hydrogen-bond acceptors (Lipinski definition) is 4. The van der Waals surface area contributed by atoms with Crippen LogP contribution in [-0.2, 0) is 9.53 Å². The van der Waals surface area contributed by atoms with Crippen LogP contribution in [0.2, 0.25) is 0 Å². The van der Waals surface area contributed by atoms with E-state index in [4.69, 9.17) is 4.74 Å². The summed E-state index contributed by atoms with van der Waals surface area (Å²) in [6.07, 6.45) is 8.24. The van der Waals surface area contributed by atoms with Gasteiger partial charge in [0.25, 0.3) is 0 Å². The van der Waals surface area contributed by atoms with Crippen LogP contribution in [0.5, 0.6) is 0 Å². The number of aromatic nitrogens is 1. The van der Waals surface area contributed by atoms with Gasteiger partial charge in [0.2, 0.25) is 5.91 Å². The number of amides is 1. The normalized spacial score (nSPS) is 27.1. The highest BCUT2D eigenvalue weighted by molar-refractivity contribution is 5.92. The molecule has 3 heterocycles. The summed E-state index contributed by atoms with van der Waals surface area (Å²) in [5, 5.41) is 2.97. The van der Waals surface area contributed by atoms with Crippen molar-refractivity contribution in [2.75, 3.05) is 31.6 Å². The van der Waals surface area contributed by atoms with Gasteiger partial charge in [0.05, 0.1) is 30.5 Å². The molecule has 2 saturated heterocycles. The molecule has 5 heteroatoms. The van der Waals surface area contributed by atoms with E-state index in [0.29, 0.717) is 18.6 Å². The van der Waals surface area contributed by atoms with Gasteiger partial charge in [0, 0.05) is 25.8 Å². The van der Waals surface area contributed by atoms with Crippen molar-refractivity contribution in [2.24, 2.45) is 17.8 Å². The summed E-state index contributed by atoms with van der Waals surface area (Å²) >= 11 is 0. The number of carbonyl (C=O) groups excluding carboxylic acids is 1. The van der Waals surface area contributed by atoms with Crippen LogP contribution in [-0.4, -0.2) is 48.1 Å². The number of nitrogens with one attached hydrogen (secondary N) is 1. The van der Waals surface area contributed by atoms with Crippen molar-refractivity contribution >= 4 is 11.6 Å². The van der Waals surface area contributed by atoms with Gasteiger partial charge in [-0.25, -0.2) is 0 Å². The van der Waals surface area contributed by atoms with Gasteiger partial charge in [-0.15, -0.1) is 0 Å². The first-order chi connectivity index (χ1) is 12.2. The molecule has 0 saturated carbocycles. The summed E-state index contributed by atoms with van der Waals surface area (Å²) in [6, 6.07) is 3.70. The highest BCUT2D eigenvalue weighted by Gasteiger charge is 2.38. The zero-order valence-corrected chi connectivity index (χ0v) is 15.5. The number of rotatable bonds is 6. The minimum absolute atomic E-state index is 0.0589. The van der Waals surface area contributed by atoms with Crippen LogP contribution < -0.4 is 5.32 Å². The van der Waals surface area contributed by atoms with Crippen molar-refractivity contribution in [1.82, 2.24) is 9.88 Å². The van der Waals surface area contributed by atoms with Crippen LogP contribution in [0, 0.1) is 17.8 Å². The van der Waals surface area contributed by atoms with Gasteiger partial charge in [0.15, 0.2) is 0 Å². The Bertz CT molecular complexity index is 547. The van der Waals surface area contributed by atoms with Gasteiger partial charge in [-0.1, -0.05) is 26.7 Å². The Balaban J connectivity index is 1.54. The predicted molar refractivity (Wildman–Crippen MR) is 99.3 cm³/mol. The van der Waals surface area contributed by atoms with Gasteiger partial charge in [0.1, 0.15) is 0 Å². The summed E-state index contributed by atoms with van der Waals surface area (Å²) in [5.41, 5.74) is 0.758. The number of fused-ring (bicyclic) bond motifs is 1. The minimum Gasteiger partial charge on any atom is -0.377 e. The molecule has 1 amide bonds. The van der Waals surface area contributed by atoms with Crippen LogP contribution in [0.4, 0.5) is 5.69 Å². The molecule has 138 valence electrons. The Hall–Kier alpha value is -1.46. The first kappa shape index (κ1) is 18.3. The Morgan fingerprint density at radius 1 is 1.44 bits per heavy atom. The Morgan fingerprint density at radius 2 is 2.28 bits per heavy atom. The second kappa shape index (κ2) is 8.77. The first-order valence-corrected chi connectivity index (χ1v) is 9.74. The number of likely N-dealkylation sites (tertiary alicyclic amines) is 1. The van der Waals surface area contributed by atoms with Crippen LogP contribution in [0.3, 0.4) is 0 Å². The lowest BCUT2D eigenvalue weighted by Gasteiger charge is -2.43. The molecule has 1 aromatic rings. The van der Waals surface area contributed by atoms with Crippen LogP contribution in [0.25, 0.3) is 0 Å². The van der Waals surface area contributed by atoms with E-state index < -0.39 is 0 Å². The van der Waals surface area contributed by atoms with Crippen molar-refractivity contribution in [1.29, 1.82) is 0 Å². The number of piperidine rings is 1. The first-order valence-electron chi connectivity index (χ1n) is 9.74. The average Bonchev–Trinajstić information content (AvgIpc) is 2.66. The van der Waals surface area contributed by atoms with E-state index >= 15 is 0 Å². The molecule has 5 nitrogen and oxygen atoms in total. The van der Waals surface area contributed by atoms with E-state index in [9.17, 15) is 4.79 Å². The van der Waals surface area contributed by atoms with E-state index in [1.165, 1.54) is 19.4 Å². The lowest BCUT2D eigenvalue weighted by molar-refractivity contribution is -0.134. The molecule has 25 heavy (non-hydrogen) atoms. The van der Waals surface area contributed by atoms with Gasteiger partial charge in [-0.3, -0.25) is 9.78 Å². The van der Waals surface area contributed by atoms with Crippen molar-refractivity contribution in [3.63, 3.8) is 0 Å². The highest BCUT2D eigenvalue weighted by Crippen LogP contribution is 2.32. The average molecular weight is 345 g/mol. The van der Waals surface area contributed by atoms with Crippen LogP contribution >= 0.6 is 0 Å². The molecule has 1 aromatic heterocycles. The molecule has 1 N–H and O–H groups in total. The third kappa shape index (κ3) is 4.79. The smallest absolute Gasteiger partial charge is 0.229 e. The van der Waals surface area contributed by atoms with Crippen LogP contribution in [0.15, 0.2) is 24.5 Å². The number of hydrogen-bond donors (Lipinski definition) is 1. The standard InChI is InChI=1S/C20H31N3O2/c1-3-15(4-2)12-23-9-7-19-16(13-23)10-17(14-25-19)20(24)22-18-6-5-8-21-11-18/h5-6,8,11,15-17,19H,3-4,7,9-10,12-14H2,1-2H3,(H,22,24)/t16-,17-,19+/m0/s1. The number of ether oxygens (including phenoxy) is 1. The minimum atomic E-state index is -0.0606. The maximum Gasteiger partial charge on any atom is 0.229 e. The molecule has 0 bridgehead atoms. The lowest BCUT2D eigenvalue weighted by Crippen LogP contribution is -2.50. The number of pyridine rings is 1. The zero-order valence-electron chi connectivity index (χ0n) is 15.5. The Morgan fingerprint density at radius 3 is 3.00 bits per heavy atom. The van der Waals surface area contributed by atoms with E-state index in [-0.39, 0.29) is 11.8 Å². The third-order valence-corrected chi connectivity index (χ3v) is 5.82. The quantitative estimate of drug-likeness (QED) is 0.860. The highest BCUT2D eigenvalue weighted by atomic mass is 16.5. The number of nitrogens with zero attached hydrogens (tertiary/aromatic N) is 2. The van der Waals surface area contributed by atoms with Crippen molar-refractivity contribution in [3.8, 4) is 0 Å². The summed E-state index contributed by atoms with van der Waals surface area (Å²) in [5.74, 6) is 1.25. The molecular formula is C20H31N3O2. The lowest BCUT2D eigenvalue weighted by atomic mass is 9.83. The molecule has 2 aliphatic heterocycles. The fraction of sp³-hybridized carbons (Fsp3) is 0.700. The van der Waals surface area contributed by atoms with E-state index in [1.807, 2.05) is 12.1 Å². The Labute approximate surface area is 151 Å². The second-order valence-corrected chi connectivity index (χ2v) is 7.53. The molecule has 2 aliphatic rings. The molecular weight excluding hydrogens is 314 g/mol. The van der Waals surface area contributed by atoms with Gasteiger partial charge in [-0.2, -0.15) is 0 Å². The summed E-state index contributed by atoms with van der Waals surface area (Å²) in [6.45, 7) is 8.48. The fourth-order valence-corrected chi connectivity index (χ4v) is 4.15. The SMILES string of the molecule is CCC(CC)CN1CC[C@H]2OC[C@@H](C(=O)Nc3cccnc3)C[C@H]2C1.